The fraction of sp³-hybridized carbons (Fsp3) is 0.536. The number of aryl methyl sites for hydroxylation is 1. The van der Waals surface area contributed by atoms with Crippen LogP contribution in [0.1, 0.15) is 56.9 Å². The first-order valence-electron chi connectivity index (χ1n) is 13.4. The zero-order valence-electron chi connectivity index (χ0n) is 22.8. The average Bonchev–Trinajstić information content (AvgIpc) is 2.85. The van der Waals surface area contributed by atoms with Crippen LogP contribution < -0.4 is 15.5 Å². The van der Waals surface area contributed by atoms with E-state index in [1.165, 1.54) is 13.0 Å². The zero-order valence-corrected chi connectivity index (χ0v) is 22.8. The molecule has 0 radical (unpaired) electrons. The van der Waals surface area contributed by atoms with Crippen LogP contribution in [-0.2, 0) is 4.74 Å². The summed E-state index contributed by atoms with van der Waals surface area (Å²) in [6.45, 7) is 14.5. The quantitative estimate of drug-likeness (QED) is 0.425. The summed E-state index contributed by atoms with van der Waals surface area (Å²) in [7, 11) is 0. The molecule has 2 aliphatic heterocycles. The predicted octanol–water partition coefficient (Wildman–Crippen LogP) is 5.02. The molecule has 8 nitrogen and oxygen atoms in total. The van der Waals surface area contributed by atoms with Crippen molar-refractivity contribution in [2.75, 3.05) is 54.9 Å². The summed E-state index contributed by atoms with van der Waals surface area (Å²) in [5, 5.41) is 7.66. The molecule has 5 rings (SSSR count). The Hall–Kier alpha value is -3.11. The van der Waals surface area contributed by atoms with Crippen molar-refractivity contribution in [3.8, 4) is 0 Å². The maximum atomic E-state index is 15.1. The molecule has 3 aromatic rings. The fourth-order valence-electron chi connectivity index (χ4n) is 5.09. The lowest BCUT2D eigenvalue weighted by Gasteiger charge is -2.39. The van der Waals surface area contributed by atoms with Gasteiger partial charge in [0.05, 0.1) is 36.4 Å². The number of nitrogens with zero attached hydrogens (tertiary/aromatic N) is 5. The number of aromatic nitrogens is 3. The summed E-state index contributed by atoms with van der Waals surface area (Å²) in [6.07, 6.45) is -1.39. The van der Waals surface area contributed by atoms with Crippen molar-refractivity contribution in [1.29, 1.82) is 0 Å². The lowest BCUT2D eigenvalue weighted by atomic mass is 10.0. The van der Waals surface area contributed by atoms with E-state index >= 15 is 4.39 Å². The Morgan fingerprint density at radius 1 is 0.974 bits per heavy atom. The van der Waals surface area contributed by atoms with Gasteiger partial charge in [-0.05, 0) is 40.7 Å². The minimum atomic E-state index is -1.39. The number of fused-ring (bicyclic) bond motifs is 1. The second-order valence-corrected chi connectivity index (χ2v) is 10.6. The highest BCUT2D eigenvalue weighted by molar-refractivity contribution is 5.92. The molecule has 38 heavy (non-hydrogen) atoms. The maximum Gasteiger partial charge on any atom is 0.167 e. The van der Waals surface area contributed by atoms with Crippen molar-refractivity contribution in [3.63, 3.8) is 0 Å². The second kappa shape index (κ2) is 10.9. The van der Waals surface area contributed by atoms with E-state index < -0.39 is 18.0 Å². The van der Waals surface area contributed by atoms with Crippen molar-refractivity contribution in [2.24, 2.45) is 0 Å². The van der Waals surface area contributed by atoms with Crippen LogP contribution in [-0.4, -0.2) is 71.3 Å². The van der Waals surface area contributed by atoms with Gasteiger partial charge in [0.25, 0.3) is 0 Å². The summed E-state index contributed by atoms with van der Waals surface area (Å²) < 4.78 is 34.5. The lowest BCUT2D eigenvalue weighted by molar-refractivity contribution is 0.0210. The summed E-state index contributed by atoms with van der Waals surface area (Å²) >= 11 is 0. The highest BCUT2D eigenvalue weighted by Crippen LogP contribution is 2.34. The van der Waals surface area contributed by atoms with E-state index in [1.54, 1.807) is 12.1 Å². The first-order valence-corrected chi connectivity index (χ1v) is 13.4. The van der Waals surface area contributed by atoms with Gasteiger partial charge in [-0.15, -0.1) is 0 Å². The molecule has 2 fully saturated rings. The van der Waals surface area contributed by atoms with Crippen molar-refractivity contribution < 1.29 is 13.5 Å². The van der Waals surface area contributed by atoms with Crippen LogP contribution >= 0.6 is 0 Å². The topological polar surface area (TPSA) is 78.4 Å². The summed E-state index contributed by atoms with van der Waals surface area (Å²) in [6, 6.07) is 7.19. The standard InChI is InChI=1S/C28H37F2N7O/c1-16(2)36-9-11-37(12-10-36)24-13-23-26(31-18(4)22-8-6-7-21(17(3)29)25(22)30)32-19(5)33-27(23)35-28(24)34-20-14-38-15-20/h6-8,13,16-18,20H,9-12,14-15H2,1-5H3,(H2,31,32,33,34,35)/t17?,18-/m1/s1. The Morgan fingerprint density at radius 2 is 1.68 bits per heavy atom. The van der Waals surface area contributed by atoms with E-state index in [9.17, 15) is 4.39 Å². The molecule has 10 heteroatoms. The molecule has 2 atom stereocenters. The van der Waals surface area contributed by atoms with Crippen LogP contribution in [0.3, 0.4) is 0 Å². The van der Waals surface area contributed by atoms with Crippen LogP contribution in [0.2, 0.25) is 0 Å². The van der Waals surface area contributed by atoms with E-state index in [2.05, 4.69) is 50.3 Å². The number of rotatable bonds is 8. The Labute approximate surface area is 222 Å². The minimum absolute atomic E-state index is 0.0556. The first kappa shape index (κ1) is 26.5. The Kier molecular flexibility index (Phi) is 7.63. The SMILES string of the molecule is Cc1nc(N[C@H](C)c2cccc(C(C)F)c2F)c2cc(N3CCN(C(C)C)CC3)c(NC3COC3)nc2n1. The third-order valence-corrected chi connectivity index (χ3v) is 7.45. The Bertz CT molecular complexity index is 1290. The van der Waals surface area contributed by atoms with E-state index in [1.807, 2.05) is 13.8 Å². The fourth-order valence-corrected chi connectivity index (χ4v) is 5.09. The van der Waals surface area contributed by atoms with Crippen LogP contribution in [0, 0.1) is 12.7 Å². The molecule has 0 saturated carbocycles. The largest absolute Gasteiger partial charge is 0.377 e. The number of ether oxygens (including phenoxy) is 1. The number of piperazine rings is 1. The number of benzene rings is 1. The predicted molar refractivity (Wildman–Crippen MR) is 147 cm³/mol. The van der Waals surface area contributed by atoms with Gasteiger partial charge in [0, 0.05) is 43.3 Å². The monoisotopic (exact) mass is 525 g/mol. The van der Waals surface area contributed by atoms with Crippen molar-refractivity contribution in [3.05, 3.63) is 47.0 Å². The second-order valence-electron chi connectivity index (χ2n) is 10.6. The van der Waals surface area contributed by atoms with Gasteiger partial charge in [-0.1, -0.05) is 18.2 Å². The van der Waals surface area contributed by atoms with Gasteiger partial charge in [-0.25, -0.2) is 23.7 Å². The van der Waals surface area contributed by atoms with E-state index in [-0.39, 0.29) is 11.6 Å². The lowest BCUT2D eigenvalue weighted by Crippen LogP contribution is -2.49. The molecule has 2 N–H and O–H groups in total. The van der Waals surface area contributed by atoms with Gasteiger partial charge in [-0.3, -0.25) is 4.90 Å². The summed E-state index contributed by atoms with van der Waals surface area (Å²) in [4.78, 5) is 19.1. The molecule has 0 bridgehead atoms. The van der Waals surface area contributed by atoms with Gasteiger partial charge >= 0.3 is 0 Å². The van der Waals surface area contributed by atoms with Gasteiger partial charge in [0.15, 0.2) is 11.5 Å². The first-order chi connectivity index (χ1) is 18.2. The van der Waals surface area contributed by atoms with Gasteiger partial charge < -0.3 is 20.3 Å². The van der Waals surface area contributed by atoms with Gasteiger partial charge in [0.1, 0.15) is 23.6 Å². The number of anilines is 3. The third-order valence-electron chi connectivity index (χ3n) is 7.45. The van der Waals surface area contributed by atoms with Crippen molar-refractivity contribution in [2.45, 2.75) is 58.9 Å². The number of pyridine rings is 1. The molecule has 4 heterocycles. The van der Waals surface area contributed by atoms with Gasteiger partial charge in [0.2, 0.25) is 0 Å². The molecule has 1 unspecified atom stereocenters. The minimum Gasteiger partial charge on any atom is -0.377 e. The maximum absolute atomic E-state index is 15.1. The van der Waals surface area contributed by atoms with E-state index in [0.717, 1.165) is 43.1 Å². The van der Waals surface area contributed by atoms with Gasteiger partial charge in [-0.2, -0.15) is 0 Å². The Balaban J connectivity index is 1.52. The van der Waals surface area contributed by atoms with Crippen LogP contribution in [0.5, 0.6) is 0 Å². The molecule has 2 aromatic heterocycles. The normalized spacial score (nSPS) is 18.5. The van der Waals surface area contributed by atoms with E-state index in [4.69, 9.17) is 9.72 Å². The molecule has 1 aromatic carbocycles. The van der Waals surface area contributed by atoms with Crippen LogP contribution in [0.25, 0.3) is 11.0 Å². The smallest absolute Gasteiger partial charge is 0.167 e. The number of halogens is 2. The van der Waals surface area contributed by atoms with Crippen LogP contribution in [0.15, 0.2) is 24.3 Å². The number of hydrogen-bond acceptors (Lipinski definition) is 8. The van der Waals surface area contributed by atoms with Crippen LogP contribution in [0.4, 0.5) is 26.1 Å². The number of alkyl halides is 1. The molecule has 0 amide bonds. The highest BCUT2D eigenvalue weighted by Gasteiger charge is 2.26. The average molecular weight is 526 g/mol. The Morgan fingerprint density at radius 3 is 2.32 bits per heavy atom. The molecular weight excluding hydrogens is 488 g/mol. The third kappa shape index (κ3) is 5.37. The zero-order chi connectivity index (χ0) is 27.0. The van der Waals surface area contributed by atoms with Crippen molar-refractivity contribution in [1.82, 2.24) is 19.9 Å². The number of nitrogens with one attached hydrogen (secondary N) is 2. The summed E-state index contributed by atoms with van der Waals surface area (Å²) in [5.74, 6) is 1.39. The molecule has 2 saturated heterocycles. The molecule has 0 aliphatic carbocycles. The van der Waals surface area contributed by atoms with E-state index in [0.29, 0.717) is 42.1 Å². The number of hydrogen-bond donors (Lipinski definition) is 2. The molecular formula is C28H37F2N7O. The summed E-state index contributed by atoms with van der Waals surface area (Å²) in [5.41, 5.74) is 2.00. The highest BCUT2D eigenvalue weighted by atomic mass is 19.1. The van der Waals surface area contributed by atoms with Crippen molar-refractivity contribution >= 4 is 28.4 Å². The molecule has 0 spiro atoms. The molecule has 2 aliphatic rings. The molecule has 204 valence electrons.